The summed E-state index contributed by atoms with van der Waals surface area (Å²) in [6, 6.07) is 0. The van der Waals surface area contributed by atoms with Crippen LogP contribution >= 0.6 is 22.6 Å². The molecule has 92 valence electrons. The molecule has 0 aromatic heterocycles. The van der Waals surface area contributed by atoms with Crippen molar-refractivity contribution in [1.82, 2.24) is 5.32 Å². The van der Waals surface area contributed by atoms with Gasteiger partial charge in [-0.25, -0.2) is 0 Å². The Morgan fingerprint density at radius 1 is 1.27 bits per heavy atom. The van der Waals surface area contributed by atoms with E-state index in [1.807, 2.05) is 0 Å². The van der Waals surface area contributed by atoms with Crippen LogP contribution in [0.15, 0.2) is 0 Å². The summed E-state index contributed by atoms with van der Waals surface area (Å²) in [5.74, 6) is 0.832. The van der Waals surface area contributed by atoms with Crippen LogP contribution in [0, 0.1) is 11.3 Å². The summed E-state index contributed by atoms with van der Waals surface area (Å²) in [4.78, 5) is 0. The second-order valence-corrected chi connectivity index (χ2v) is 7.47. The highest BCUT2D eigenvalue weighted by Crippen LogP contribution is 2.18. The maximum absolute atomic E-state index is 3.58. The van der Waals surface area contributed by atoms with Crippen LogP contribution in [-0.2, 0) is 0 Å². The van der Waals surface area contributed by atoms with Gasteiger partial charge in [0.15, 0.2) is 0 Å². The summed E-state index contributed by atoms with van der Waals surface area (Å²) < 4.78 is 0.833. The van der Waals surface area contributed by atoms with Crippen LogP contribution in [0.2, 0.25) is 0 Å². The number of alkyl halides is 1. The molecule has 0 saturated carbocycles. The van der Waals surface area contributed by atoms with Gasteiger partial charge in [-0.05, 0) is 37.1 Å². The molecule has 0 aliphatic heterocycles. The lowest BCUT2D eigenvalue weighted by atomic mass is 9.90. The fraction of sp³-hybridized carbons (Fsp3) is 1.00. The molecule has 0 aromatic carbocycles. The SMILES string of the molecule is CCC(C)(C)CNCCC(I)CC(C)C. The van der Waals surface area contributed by atoms with Gasteiger partial charge in [0.05, 0.1) is 0 Å². The van der Waals surface area contributed by atoms with Crippen LogP contribution in [-0.4, -0.2) is 17.0 Å². The summed E-state index contributed by atoms with van der Waals surface area (Å²) in [6.07, 6.45) is 3.90. The Morgan fingerprint density at radius 2 is 1.87 bits per heavy atom. The van der Waals surface area contributed by atoms with Gasteiger partial charge in [0, 0.05) is 10.5 Å². The zero-order valence-corrected chi connectivity index (χ0v) is 13.2. The van der Waals surface area contributed by atoms with E-state index in [4.69, 9.17) is 0 Å². The zero-order valence-electron chi connectivity index (χ0n) is 11.1. The predicted molar refractivity (Wildman–Crippen MR) is 78.8 cm³/mol. The van der Waals surface area contributed by atoms with E-state index in [-0.39, 0.29) is 0 Å². The van der Waals surface area contributed by atoms with Crippen molar-refractivity contribution in [3.05, 3.63) is 0 Å². The second-order valence-electron chi connectivity index (χ2n) is 5.71. The fourth-order valence-corrected chi connectivity index (χ4v) is 2.77. The number of nitrogens with one attached hydrogen (secondary N) is 1. The molecule has 0 aromatic rings. The molecule has 0 rings (SSSR count). The molecule has 2 heteroatoms. The highest BCUT2D eigenvalue weighted by Gasteiger charge is 2.14. The summed E-state index contributed by atoms with van der Waals surface area (Å²) >= 11 is 2.59. The molecule has 0 aliphatic rings. The van der Waals surface area contributed by atoms with E-state index in [0.29, 0.717) is 5.41 Å². The van der Waals surface area contributed by atoms with Crippen LogP contribution in [0.4, 0.5) is 0 Å². The molecule has 0 aliphatic carbocycles. The first kappa shape index (κ1) is 15.7. The van der Waals surface area contributed by atoms with E-state index in [1.165, 1.54) is 25.8 Å². The molecule has 1 unspecified atom stereocenters. The Morgan fingerprint density at radius 3 is 2.33 bits per heavy atom. The maximum Gasteiger partial charge on any atom is 0.0124 e. The van der Waals surface area contributed by atoms with Crippen LogP contribution in [0.25, 0.3) is 0 Å². The Hall–Kier alpha value is 0.690. The van der Waals surface area contributed by atoms with E-state index >= 15 is 0 Å². The molecule has 15 heavy (non-hydrogen) atoms. The quantitative estimate of drug-likeness (QED) is 0.400. The van der Waals surface area contributed by atoms with Gasteiger partial charge < -0.3 is 5.32 Å². The van der Waals surface area contributed by atoms with Crippen molar-refractivity contribution in [2.24, 2.45) is 11.3 Å². The molecular weight excluding hydrogens is 297 g/mol. The molecule has 0 bridgehead atoms. The van der Waals surface area contributed by atoms with E-state index in [2.05, 4.69) is 62.5 Å². The van der Waals surface area contributed by atoms with Crippen molar-refractivity contribution in [2.75, 3.05) is 13.1 Å². The average molecular weight is 325 g/mol. The monoisotopic (exact) mass is 325 g/mol. The van der Waals surface area contributed by atoms with Crippen molar-refractivity contribution in [3.63, 3.8) is 0 Å². The molecule has 1 nitrogen and oxygen atoms in total. The molecule has 1 atom stereocenters. The highest BCUT2D eigenvalue weighted by molar-refractivity contribution is 14.1. The predicted octanol–water partition coefficient (Wildman–Crippen LogP) is 4.25. The van der Waals surface area contributed by atoms with Gasteiger partial charge in [-0.2, -0.15) is 0 Å². The van der Waals surface area contributed by atoms with Gasteiger partial charge in [-0.1, -0.05) is 57.2 Å². The van der Waals surface area contributed by atoms with Crippen LogP contribution < -0.4 is 5.32 Å². The summed E-state index contributed by atoms with van der Waals surface area (Å²) in [6.45, 7) is 13.9. The molecule has 0 spiro atoms. The third kappa shape index (κ3) is 9.61. The Kier molecular flexibility index (Phi) is 8.24. The summed E-state index contributed by atoms with van der Waals surface area (Å²) in [5, 5.41) is 3.58. The van der Waals surface area contributed by atoms with Crippen molar-refractivity contribution >= 4 is 22.6 Å². The Labute approximate surface area is 110 Å². The van der Waals surface area contributed by atoms with Crippen molar-refractivity contribution in [3.8, 4) is 0 Å². The van der Waals surface area contributed by atoms with E-state index in [0.717, 1.165) is 16.4 Å². The second kappa shape index (κ2) is 7.88. The first-order valence-corrected chi connectivity index (χ1v) is 7.46. The van der Waals surface area contributed by atoms with Crippen molar-refractivity contribution in [2.45, 2.75) is 57.8 Å². The molecule has 1 N–H and O–H groups in total. The summed E-state index contributed by atoms with van der Waals surface area (Å²) in [5.41, 5.74) is 0.457. The Balaban J connectivity index is 3.46. The molecule has 0 saturated heterocycles. The minimum Gasteiger partial charge on any atom is -0.316 e. The van der Waals surface area contributed by atoms with Gasteiger partial charge in [0.25, 0.3) is 0 Å². The molecule has 0 heterocycles. The molecular formula is C13H28IN. The van der Waals surface area contributed by atoms with E-state index < -0.39 is 0 Å². The topological polar surface area (TPSA) is 12.0 Å². The minimum atomic E-state index is 0.457. The van der Waals surface area contributed by atoms with E-state index in [9.17, 15) is 0 Å². The highest BCUT2D eigenvalue weighted by atomic mass is 127. The van der Waals surface area contributed by atoms with Gasteiger partial charge in [0.1, 0.15) is 0 Å². The lowest BCUT2D eigenvalue weighted by Crippen LogP contribution is -2.30. The van der Waals surface area contributed by atoms with Gasteiger partial charge in [-0.15, -0.1) is 0 Å². The maximum atomic E-state index is 3.58. The lowest BCUT2D eigenvalue weighted by Gasteiger charge is -2.23. The third-order valence-corrected chi connectivity index (χ3v) is 4.05. The zero-order chi connectivity index (χ0) is 11.9. The first-order chi connectivity index (χ1) is 6.87. The van der Waals surface area contributed by atoms with E-state index in [1.54, 1.807) is 0 Å². The van der Waals surface area contributed by atoms with Gasteiger partial charge in [-0.3, -0.25) is 0 Å². The first-order valence-electron chi connectivity index (χ1n) is 6.22. The minimum absolute atomic E-state index is 0.457. The average Bonchev–Trinajstić information content (AvgIpc) is 2.11. The van der Waals surface area contributed by atoms with Crippen LogP contribution in [0.3, 0.4) is 0 Å². The lowest BCUT2D eigenvalue weighted by molar-refractivity contribution is 0.327. The third-order valence-electron chi connectivity index (χ3n) is 2.92. The number of hydrogen-bond donors (Lipinski definition) is 1. The number of rotatable bonds is 8. The molecule has 0 radical (unpaired) electrons. The summed E-state index contributed by atoms with van der Waals surface area (Å²) in [7, 11) is 0. The largest absolute Gasteiger partial charge is 0.316 e. The Bertz CT molecular complexity index is 155. The van der Waals surface area contributed by atoms with Crippen molar-refractivity contribution < 1.29 is 0 Å². The van der Waals surface area contributed by atoms with Crippen molar-refractivity contribution in [1.29, 1.82) is 0 Å². The molecule has 0 fully saturated rings. The number of hydrogen-bond acceptors (Lipinski definition) is 1. The number of halogens is 1. The smallest absolute Gasteiger partial charge is 0.0124 e. The standard InChI is InChI=1S/C13H28IN/c1-6-13(4,5)10-15-8-7-12(14)9-11(2)3/h11-12,15H,6-10H2,1-5H3. The van der Waals surface area contributed by atoms with Gasteiger partial charge in [0.2, 0.25) is 0 Å². The van der Waals surface area contributed by atoms with Gasteiger partial charge >= 0.3 is 0 Å². The molecule has 0 amide bonds. The fourth-order valence-electron chi connectivity index (χ4n) is 1.44. The van der Waals surface area contributed by atoms with Crippen LogP contribution in [0.5, 0.6) is 0 Å². The van der Waals surface area contributed by atoms with Crippen LogP contribution in [0.1, 0.15) is 53.9 Å². The normalized spacial score (nSPS) is 14.6.